The van der Waals surface area contributed by atoms with Gasteiger partial charge in [-0.15, -0.1) is 0 Å². The van der Waals surface area contributed by atoms with Gasteiger partial charge in [0.05, 0.1) is 6.61 Å². The zero-order valence-electron chi connectivity index (χ0n) is 11.2. The molecule has 0 atom stereocenters. The third-order valence-corrected chi connectivity index (χ3v) is 3.61. The van der Waals surface area contributed by atoms with E-state index >= 15 is 0 Å². The van der Waals surface area contributed by atoms with Crippen molar-refractivity contribution in [1.29, 1.82) is 0 Å². The molecule has 0 bridgehead atoms. The minimum atomic E-state index is 0.391. The van der Waals surface area contributed by atoms with Crippen molar-refractivity contribution in [1.82, 2.24) is 10.2 Å². The van der Waals surface area contributed by atoms with Crippen molar-refractivity contribution in [2.45, 2.75) is 32.6 Å². The summed E-state index contributed by atoms with van der Waals surface area (Å²) in [5.41, 5.74) is 0.391. The summed E-state index contributed by atoms with van der Waals surface area (Å²) in [5, 5.41) is 3.44. The predicted molar refractivity (Wildman–Crippen MR) is 68.8 cm³/mol. The number of hydrogen-bond donors (Lipinski definition) is 1. The van der Waals surface area contributed by atoms with E-state index in [0.717, 1.165) is 19.7 Å². The molecule has 0 aromatic rings. The van der Waals surface area contributed by atoms with Crippen LogP contribution < -0.4 is 5.32 Å². The van der Waals surface area contributed by atoms with E-state index in [1.807, 2.05) is 7.11 Å². The zero-order chi connectivity index (χ0) is 11.9. The molecule has 1 heterocycles. The van der Waals surface area contributed by atoms with Crippen LogP contribution in [0.4, 0.5) is 0 Å². The molecule has 3 nitrogen and oxygen atoms in total. The van der Waals surface area contributed by atoms with Crippen LogP contribution in [0.2, 0.25) is 0 Å². The van der Waals surface area contributed by atoms with Gasteiger partial charge in [0, 0.05) is 19.1 Å². The predicted octanol–water partition coefficient (Wildman–Crippen LogP) is 1.73. The fraction of sp³-hybridized carbons (Fsp3) is 1.00. The number of nitrogens with zero attached hydrogens (tertiary/aromatic N) is 1. The Balaban J connectivity index is 2.42. The van der Waals surface area contributed by atoms with Crippen LogP contribution in [0.25, 0.3) is 0 Å². The van der Waals surface area contributed by atoms with Gasteiger partial charge in [0.15, 0.2) is 0 Å². The van der Waals surface area contributed by atoms with Gasteiger partial charge in [-0.05, 0) is 45.9 Å². The lowest BCUT2D eigenvalue weighted by Gasteiger charge is -2.40. The molecular weight excluding hydrogens is 200 g/mol. The van der Waals surface area contributed by atoms with E-state index in [9.17, 15) is 0 Å². The van der Waals surface area contributed by atoms with Crippen molar-refractivity contribution < 1.29 is 4.74 Å². The molecule has 1 N–H and O–H groups in total. The number of rotatable bonds is 7. The highest BCUT2D eigenvalue weighted by atomic mass is 16.5. The monoisotopic (exact) mass is 228 g/mol. The maximum absolute atomic E-state index is 5.44. The molecule has 1 saturated heterocycles. The van der Waals surface area contributed by atoms with Crippen LogP contribution in [-0.4, -0.2) is 51.8 Å². The largest absolute Gasteiger partial charge is 0.384 e. The molecule has 1 aliphatic heterocycles. The number of hydrogen-bond acceptors (Lipinski definition) is 3. The van der Waals surface area contributed by atoms with Crippen LogP contribution in [0.3, 0.4) is 0 Å². The summed E-state index contributed by atoms with van der Waals surface area (Å²) >= 11 is 0. The molecular formula is C13H28N2O. The van der Waals surface area contributed by atoms with Crippen LogP contribution in [0, 0.1) is 5.41 Å². The summed E-state index contributed by atoms with van der Waals surface area (Å²) in [4.78, 5) is 2.48. The second kappa shape index (κ2) is 7.25. The molecule has 0 spiro atoms. The molecule has 0 unspecified atom stereocenters. The highest BCUT2D eigenvalue weighted by Crippen LogP contribution is 2.29. The summed E-state index contributed by atoms with van der Waals surface area (Å²) in [7, 11) is 4.07. The molecule has 3 heteroatoms. The second-order valence-electron chi connectivity index (χ2n) is 5.27. The summed E-state index contributed by atoms with van der Waals surface area (Å²) in [6, 6.07) is 0. The third-order valence-electron chi connectivity index (χ3n) is 3.61. The van der Waals surface area contributed by atoms with E-state index in [0.29, 0.717) is 5.41 Å². The van der Waals surface area contributed by atoms with E-state index in [4.69, 9.17) is 4.74 Å². The van der Waals surface area contributed by atoms with E-state index in [-0.39, 0.29) is 0 Å². The fourth-order valence-corrected chi connectivity index (χ4v) is 2.69. The minimum Gasteiger partial charge on any atom is -0.384 e. The second-order valence-corrected chi connectivity index (χ2v) is 5.27. The van der Waals surface area contributed by atoms with Gasteiger partial charge < -0.3 is 15.0 Å². The van der Waals surface area contributed by atoms with Crippen LogP contribution in [0.5, 0.6) is 0 Å². The number of nitrogens with one attached hydrogen (secondary N) is 1. The van der Waals surface area contributed by atoms with Crippen LogP contribution >= 0.6 is 0 Å². The van der Waals surface area contributed by atoms with Gasteiger partial charge >= 0.3 is 0 Å². The zero-order valence-corrected chi connectivity index (χ0v) is 11.2. The lowest BCUT2D eigenvalue weighted by molar-refractivity contribution is 0.0283. The van der Waals surface area contributed by atoms with Crippen LogP contribution in [-0.2, 0) is 4.74 Å². The Kier molecular flexibility index (Phi) is 6.32. The van der Waals surface area contributed by atoms with Gasteiger partial charge in [-0.25, -0.2) is 0 Å². The summed E-state index contributed by atoms with van der Waals surface area (Å²) in [6.45, 7) is 7.85. The molecule has 0 saturated carbocycles. The van der Waals surface area contributed by atoms with Gasteiger partial charge in [0.1, 0.15) is 0 Å². The average Bonchev–Trinajstić information content (AvgIpc) is 2.28. The lowest BCUT2D eigenvalue weighted by Crippen LogP contribution is -2.46. The Hall–Kier alpha value is -0.120. The maximum Gasteiger partial charge on any atom is 0.0531 e. The molecule has 1 aliphatic rings. The number of ether oxygens (including phenoxy) is 1. The molecule has 0 amide bonds. The SMILES string of the molecule is CCCCN(C)CC1(COC)CCNCC1. The first-order valence-electron chi connectivity index (χ1n) is 6.61. The molecule has 0 radical (unpaired) electrons. The highest BCUT2D eigenvalue weighted by molar-refractivity contribution is 4.86. The standard InChI is InChI=1S/C13H28N2O/c1-4-5-10-15(2)11-13(12-16-3)6-8-14-9-7-13/h14H,4-12H2,1-3H3. The number of unbranched alkanes of at least 4 members (excludes halogenated alkanes) is 1. The Morgan fingerprint density at radius 2 is 2.00 bits per heavy atom. The highest BCUT2D eigenvalue weighted by Gasteiger charge is 2.32. The van der Waals surface area contributed by atoms with Gasteiger partial charge in [-0.2, -0.15) is 0 Å². The number of piperidine rings is 1. The summed E-state index contributed by atoms with van der Waals surface area (Å²) in [5.74, 6) is 0. The minimum absolute atomic E-state index is 0.391. The molecule has 1 fully saturated rings. The molecule has 96 valence electrons. The maximum atomic E-state index is 5.44. The molecule has 1 rings (SSSR count). The first-order chi connectivity index (χ1) is 7.72. The Labute approximate surface area is 101 Å². The Morgan fingerprint density at radius 3 is 2.56 bits per heavy atom. The summed E-state index contributed by atoms with van der Waals surface area (Å²) in [6.07, 6.45) is 5.08. The lowest BCUT2D eigenvalue weighted by atomic mass is 9.79. The van der Waals surface area contributed by atoms with Gasteiger partial charge in [-0.1, -0.05) is 13.3 Å². The van der Waals surface area contributed by atoms with Crippen molar-refractivity contribution in [3.63, 3.8) is 0 Å². The van der Waals surface area contributed by atoms with Crippen molar-refractivity contribution in [3.05, 3.63) is 0 Å². The third kappa shape index (κ3) is 4.40. The molecule has 16 heavy (non-hydrogen) atoms. The van der Waals surface area contributed by atoms with Crippen molar-refractivity contribution in [2.24, 2.45) is 5.41 Å². The normalized spacial score (nSPS) is 20.2. The van der Waals surface area contributed by atoms with Crippen molar-refractivity contribution in [3.8, 4) is 0 Å². The fourth-order valence-electron chi connectivity index (χ4n) is 2.69. The van der Waals surface area contributed by atoms with Gasteiger partial charge in [0.25, 0.3) is 0 Å². The van der Waals surface area contributed by atoms with E-state index < -0.39 is 0 Å². The summed E-state index contributed by atoms with van der Waals surface area (Å²) < 4.78 is 5.44. The smallest absolute Gasteiger partial charge is 0.0531 e. The average molecular weight is 228 g/mol. The van der Waals surface area contributed by atoms with E-state index in [2.05, 4.69) is 24.2 Å². The Bertz CT molecular complexity index is 173. The van der Waals surface area contributed by atoms with Crippen LogP contribution in [0.15, 0.2) is 0 Å². The first-order valence-corrected chi connectivity index (χ1v) is 6.61. The van der Waals surface area contributed by atoms with Crippen LogP contribution in [0.1, 0.15) is 32.6 Å². The first kappa shape index (κ1) is 13.9. The van der Waals surface area contributed by atoms with E-state index in [1.165, 1.54) is 38.8 Å². The number of methoxy groups -OCH3 is 1. The van der Waals surface area contributed by atoms with E-state index in [1.54, 1.807) is 0 Å². The van der Waals surface area contributed by atoms with Crippen molar-refractivity contribution in [2.75, 3.05) is 46.9 Å². The Morgan fingerprint density at radius 1 is 1.31 bits per heavy atom. The quantitative estimate of drug-likeness (QED) is 0.718. The topological polar surface area (TPSA) is 24.5 Å². The molecule has 0 aromatic heterocycles. The van der Waals surface area contributed by atoms with Gasteiger partial charge in [-0.3, -0.25) is 0 Å². The van der Waals surface area contributed by atoms with Gasteiger partial charge in [0.2, 0.25) is 0 Å². The molecule has 0 aromatic carbocycles. The van der Waals surface area contributed by atoms with Crippen molar-refractivity contribution >= 4 is 0 Å². The molecule has 0 aliphatic carbocycles.